The fraction of sp³-hybridized carbons (Fsp3) is 0.200. The topological polar surface area (TPSA) is 60.2 Å². The quantitative estimate of drug-likeness (QED) is 0.830. The third-order valence-electron chi connectivity index (χ3n) is 2.94. The first-order valence-electron chi connectivity index (χ1n) is 6.42. The number of sulfone groups is 1. The van der Waals surface area contributed by atoms with Gasteiger partial charge in [-0.15, -0.1) is 11.8 Å². The maximum absolute atomic E-state index is 13.4. The Bertz CT molecular complexity index is 717. The molecule has 0 aliphatic rings. The fourth-order valence-corrected chi connectivity index (χ4v) is 4.47. The molecule has 0 atom stereocenters. The van der Waals surface area contributed by atoms with Gasteiger partial charge in [0.2, 0.25) is 0 Å². The Balaban J connectivity index is 2.03. The third-order valence-corrected chi connectivity index (χ3v) is 5.96. The SMILES string of the molecule is NCc1cccc(S(=O)(=O)CCSc2ccccc2F)c1. The van der Waals surface area contributed by atoms with Crippen LogP contribution in [-0.2, 0) is 16.4 Å². The average Bonchev–Trinajstić information content (AvgIpc) is 2.49. The van der Waals surface area contributed by atoms with Gasteiger partial charge >= 0.3 is 0 Å². The first-order valence-corrected chi connectivity index (χ1v) is 9.06. The molecule has 112 valence electrons. The monoisotopic (exact) mass is 325 g/mol. The number of hydrogen-bond donors (Lipinski definition) is 1. The van der Waals surface area contributed by atoms with Crippen molar-refractivity contribution in [3.8, 4) is 0 Å². The fourth-order valence-electron chi connectivity index (χ4n) is 1.81. The van der Waals surface area contributed by atoms with Gasteiger partial charge in [-0.2, -0.15) is 0 Å². The van der Waals surface area contributed by atoms with Gasteiger partial charge < -0.3 is 5.73 Å². The van der Waals surface area contributed by atoms with E-state index in [2.05, 4.69) is 0 Å². The highest BCUT2D eigenvalue weighted by Gasteiger charge is 2.15. The van der Waals surface area contributed by atoms with E-state index in [0.717, 1.165) is 5.56 Å². The molecule has 2 rings (SSSR count). The molecule has 2 aromatic carbocycles. The summed E-state index contributed by atoms with van der Waals surface area (Å²) in [6.45, 7) is 0.299. The van der Waals surface area contributed by atoms with Crippen LogP contribution in [0.2, 0.25) is 0 Å². The van der Waals surface area contributed by atoms with Crippen LogP contribution in [0.1, 0.15) is 5.56 Å². The van der Waals surface area contributed by atoms with Gasteiger partial charge in [0, 0.05) is 17.2 Å². The Morgan fingerprint density at radius 1 is 1.10 bits per heavy atom. The van der Waals surface area contributed by atoms with Crippen molar-refractivity contribution in [3.05, 3.63) is 59.9 Å². The van der Waals surface area contributed by atoms with Gasteiger partial charge in [-0.1, -0.05) is 24.3 Å². The summed E-state index contributed by atoms with van der Waals surface area (Å²) in [6, 6.07) is 12.9. The van der Waals surface area contributed by atoms with E-state index >= 15 is 0 Å². The summed E-state index contributed by atoms with van der Waals surface area (Å²) in [5.41, 5.74) is 6.29. The normalized spacial score (nSPS) is 11.5. The van der Waals surface area contributed by atoms with E-state index in [9.17, 15) is 12.8 Å². The van der Waals surface area contributed by atoms with E-state index in [0.29, 0.717) is 17.2 Å². The molecule has 0 bridgehead atoms. The van der Waals surface area contributed by atoms with E-state index in [1.807, 2.05) is 0 Å². The van der Waals surface area contributed by atoms with Crippen LogP contribution in [0.15, 0.2) is 58.3 Å². The van der Waals surface area contributed by atoms with Gasteiger partial charge in [0.15, 0.2) is 9.84 Å². The van der Waals surface area contributed by atoms with Gasteiger partial charge in [0.1, 0.15) is 5.82 Å². The molecule has 0 unspecified atom stereocenters. The summed E-state index contributed by atoms with van der Waals surface area (Å²) < 4.78 is 37.9. The van der Waals surface area contributed by atoms with Crippen LogP contribution in [-0.4, -0.2) is 19.9 Å². The Labute approximate surface area is 128 Å². The van der Waals surface area contributed by atoms with Gasteiger partial charge in [0.05, 0.1) is 10.6 Å². The van der Waals surface area contributed by atoms with Crippen LogP contribution in [0.3, 0.4) is 0 Å². The summed E-state index contributed by atoms with van der Waals surface area (Å²) >= 11 is 1.20. The molecule has 6 heteroatoms. The molecule has 0 amide bonds. The molecule has 21 heavy (non-hydrogen) atoms. The molecule has 0 fully saturated rings. The lowest BCUT2D eigenvalue weighted by Crippen LogP contribution is -2.10. The van der Waals surface area contributed by atoms with Gasteiger partial charge in [0.25, 0.3) is 0 Å². The van der Waals surface area contributed by atoms with Crippen molar-refractivity contribution >= 4 is 21.6 Å². The standard InChI is InChI=1S/C15H16FNO2S2/c16-14-6-1-2-7-15(14)20-8-9-21(18,19)13-5-3-4-12(10-13)11-17/h1-7,10H,8-9,11,17H2. The second-order valence-electron chi connectivity index (χ2n) is 4.45. The Morgan fingerprint density at radius 2 is 1.86 bits per heavy atom. The van der Waals surface area contributed by atoms with Gasteiger partial charge in [-0.3, -0.25) is 0 Å². The smallest absolute Gasteiger partial charge is 0.179 e. The Kier molecular flexibility index (Phi) is 5.39. The highest BCUT2D eigenvalue weighted by Crippen LogP contribution is 2.22. The molecular formula is C15H16FNO2S2. The second-order valence-corrected chi connectivity index (χ2v) is 7.70. The van der Waals surface area contributed by atoms with E-state index in [1.54, 1.807) is 42.5 Å². The predicted octanol–water partition coefficient (Wildman–Crippen LogP) is 2.85. The zero-order valence-corrected chi connectivity index (χ0v) is 13.0. The van der Waals surface area contributed by atoms with Gasteiger partial charge in [-0.25, -0.2) is 12.8 Å². The first-order chi connectivity index (χ1) is 10.0. The third kappa shape index (κ3) is 4.30. The minimum Gasteiger partial charge on any atom is -0.326 e. The summed E-state index contributed by atoms with van der Waals surface area (Å²) in [6.07, 6.45) is 0. The largest absolute Gasteiger partial charge is 0.326 e. The zero-order chi connectivity index (χ0) is 15.3. The van der Waals surface area contributed by atoms with Crippen molar-refractivity contribution in [1.29, 1.82) is 0 Å². The predicted molar refractivity (Wildman–Crippen MR) is 83.5 cm³/mol. The van der Waals surface area contributed by atoms with Crippen molar-refractivity contribution < 1.29 is 12.8 Å². The van der Waals surface area contributed by atoms with Crippen LogP contribution >= 0.6 is 11.8 Å². The molecule has 2 N–H and O–H groups in total. The summed E-state index contributed by atoms with van der Waals surface area (Å²) in [5, 5.41) is 0. The summed E-state index contributed by atoms with van der Waals surface area (Å²) in [4.78, 5) is 0.725. The van der Waals surface area contributed by atoms with Crippen molar-refractivity contribution in [2.75, 3.05) is 11.5 Å². The highest BCUT2D eigenvalue weighted by molar-refractivity contribution is 8.00. The Hall–Kier alpha value is -1.37. The first kappa shape index (κ1) is 16.0. The van der Waals surface area contributed by atoms with E-state index in [-0.39, 0.29) is 16.5 Å². The summed E-state index contributed by atoms with van der Waals surface area (Å²) in [5.74, 6) is -0.0686. The lowest BCUT2D eigenvalue weighted by molar-refractivity contribution is 0.596. The molecule has 0 heterocycles. The van der Waals surface area contributed by atoms with E-state index < -0.39 is 9.84 Å². The number of nitrogens with two attached hydrogens (primary N) is 1. The molecule has 2 aromatic rings. The van der Waals surface area contributed by atoms with Crippen molar-refractivity contribution in [3.63, 3.8) is 0 Å². The molecule has 0 radical (unpaired) electrons. The van der Waals surface area contributed by atoms with Crippen molar-refractivity contribution in [2.24, 2.45) is 5.73 Å². The maximum atomic E-state index is 13.4. The van der Waals surface area contributed by atoms with Crippen LogP contribution in [0.25, 0.3) is 0 Å². The van der Waals surface area contributed by atoms with Crippen molar-refractivity contribution in [1.82, 2.24) is 0 Å². The molecule has 0 saturated heterocycles. The molecular weight excluding hydrogens is 309 g/mol. The molecule has 3 nitrogen and oxygen atoms in total. The van der Waals surface area contributed by atoms with E-state index in [1.165, 1.54) is 17.8 Å². The molecule has 0 aliphatic heterocycles. The summed E-state index contributed by atoms with van der Waals surface area (Å²) in [7, 11) is -3.37. The van der Waals surface area contributed by atoms with Crippen LogP contribution in [0.5, 0.6) is 0 Å². The van der Waals surface area contributed by atoms with Crippen LogP contribution < -0.4 is 5.73 Å². The van der Waals surface area contributed by atoms with Crippen LogP contribution in [0.4, 0.5) is 4.39 Å². The van der Waals surface area contributed by atoms with Crippen LogP contribution in [0, 0.1) is 5.82 Å². The number of hydrogen-bond acceptors (Lipinski definition) is 4. The molecule has 0 saturated carbocycles. The van der Waals surface area contributed by atoms with E-state index in [4.69, 9.17) is 5.73 Å². The molecule has 0 aromatic heterocycles. The minimum atomic E-state index is -3.37. The number of halogens is 1. The minimum absolute atomic E-state index is 0.0416. The lowest BCUT2D eigenvalue weighted by Gasteiger charge is -2.06. The average molecular weight is 325 g/mol. The number of thioether (sulfide) groups is 1. The molecule has 0 spiro atoms. The zero-order valence-electron chi connectivity index (χ0n) is 11.3. The highest BCUT2D eigenvalue weighted by atomic mass is 32.2. The number of rotatable bonds is 6. The second kappa shape index (κ2) is 7.06. The number of benzene rings is 2. The molecule has 0 aliphatic carbocycles. The Morgan fingerprint density at radius 3 is 2.57 bits per heavy atom. The lowest BCUT2D eigenvalue weighted by atomic mass is 10.2. The van der Waals surface area contributed by atoms with Crippen molar-refractivity contribution in [2.45, 2.75) is 16.3 Å². The maximum Gasteiger partial charge on any atom is 0.179 e. The van der Waals surface area contributed by atoms with Gasteiger partial charge in [-0.05, 0) is 29.8 Å².